The van der Waals surface area contributed by atoms with Crippen molar-refractivity contribution in [1.29, 1.82) is 0 Å². The van der Waals surface area contributed by atoms with Crippen LogP contribution in [0.3, 0.4) is 0 Å². The summed E-state index contributed by atoms with van der Waals surface area (Å²) in [5.41, 5.74) is 11.6. The van der Waals surface area contributed by atoms with Crippen LogP contribution in [-0.4, -0.2) is 0 Å². The Bertz CT molecular complexity index is 652. The van der Waals surface area contributed by atoms with Gasteiger partial charge in [-0.1, -0.05) is 30.3 Å². The summed E-state index contributed by atoms with van der Waals surface area (Å²) in [6, 6.07) is 11.1. The highest BCUT2D eigenvalue weighted by Crippen LogP contribution is 2.44. The largest absolute Gasteiger partial charge is 0.402 e. The van der Waals surface area contributed by atoms with Crippen molar-refractivity contribution in [3.8, 4) is 0 Å². The van der Waals surface area contributed by atoms with Crippen LogP contribution >= 0.6 is 0 Å². The Morgan fingerprint density at radius 2 is 2.06 bits per heavy atom. The second-order valence-electron chi connectivity index (χ2n) is 5.17. The highest BCUT2D eigenvalue weighted by Gasteiger charge is 2.27. The van der Waals surface area contributed by atoms with Crippen molar-refractivity contribution in [1.82, 2.24) is 0 Å². The lowest BCUT2D eigenvalue weighted by atomic mass is 9.75. The third-order valence-electron chi connectivity index (χ3n) is 4.22. The van der Waals surface area contributed by atoms with Crippen molar-refractivity contribution in [3.05, 3.63) is 52.7 Å². The predicted octanol–water partition coefficient (Wildman–Crippen LogP) is 3.57. The summed E-state index contributed by atoms with van der Waals surface area (Å²) in [6.07, 6.45) is 5.86. The zero-order valence-electron chi connectivity index (χ0n) is 9.74. The van der Waals surface area contributed by atoms with Crippen LogP contribution in [-0.2, 0) is 6.42 Å². The van der Waals surface area contributed by atoms with Crippen molar-refractivity contribution in [2.45, 2.75) is 25.2 Å². The molecule has 1 unspecified atom stereocenters. The Kier molecular flexibility index (Phi) is 1.71. The highest BCUT2D eigenvalue weighted by molar-refractivity contribution is 5.97. The van der Waals surface area contributed by atoms with Gasteiger partial charge in [0.1, 0.15) is 0 Å². The van der Waals surface area contributed by atoms with Crippen LogP contribution in [0.2, 0.25) is 0 Å². The first-order valence-corrected chi connectivity index (χ1v) is 6.36. The number of benzene rings is 2. The lowest BCUT2D eigenvalue weighted by molar-refractivity contribution is 0.608. The van der Waals surface area contributed by atoms with Gasteiger partial charge in [0, 0.05) is 11.6 Å². The van der Waals surface area contributed by atoms with E-state index >= 15 is 0 Å². The van der Waals surface area contributed by atoms with Crippen molar-refractivity contribution in [2.24, 2.45) is 5.73 Å². The minimum absolute atomic E-state index is 0.470. The monoisotopic (exact) mass is 221 g/mol. The van der Waals surface area contributed by atoms with E-state index < -0.39 is 0 Å². The van der Waals surface area contributed by atoms with Crippen LogP contribution < -0.4 is 5.73 Å². The summed E-state index contributed by atoms with van der Waals surface area (Å²) in [4.78, 5) is 0. The molecule has 0 amide bonds. The van der Waals surface area contributed by atoms with Crippen LogP contribution in [0.15, 0.2) is 36.0 Å². The first-order valence-electron chi connectivity index (χ1n) is 6.36. The molecule has 0 saturated heterocycles. The standard InChI is InChI=1S/C16H15N/c17-14-9-12-5-1-3-10-7-8-11-4-2-6-13(14)16(11)15(10)12/h1,3,5,7-9,13H,2,4,6,17H2. The lowest BCUT2D eigenvalue weighted by Crippen LogP contribution is -2.19. The van der Waals surface area contributed by atoms with Crippen LogP contribution in [0.1, 0.15) is 35.4 Å². The molecule has 2 aliphatic rings. The van der Waals surface area contributed by atoms with Gasteiger partial charge in [0.05, 0.1) is 0 Å². The van der Waals surface area contributed by atoms with Gasteiger partial charge in [-0.15, -0.1) is 0 Å². The molecular formula is C16H15N. The molecule has 2 N–H and O–H groups in total. The molecule has 2 aliphatic carbocycles. The minimum Gasteiger partial charge on any atom is -0.402 e. The van der Waals surface area contributed by atoms with Crippen LogP contribution in [0, 0.1) is 0 Å². The summed E-state index contributed by atoms with van der Waals surface area (Å²) >= 11 is 0. The van der Waals surface area contributed by atoms with Crippen molar-refractivity contribution in [2.75, 3.05) is 0 Å². The van der Waals surface area contributed by atoms with Gasteiger partial charge in [-0.3, -0.25) is 0 Å². The first-order chi connectivity index (χ1) is 8.34. The Labute approximate surface area is 101 Å². The smallest absolute Gasteiger partial charge is 0.0245 e. The van der Waals surface area contributed by atoms with Gasteiger partial charge in [0.2, 0.25) is 0 Å². The van der Waals surface area contributed by atoms with Gasteiger partial charge in [-0.25, -0.2) is 0 Å². The Hall–Kier alpha value is -1.76. The summed E-state index contributed by atoms with van der Waals surface area (Å²) in [6.45, 7) is 0. The Balaban J connectivity index is 2.20. The van der Waals surface area contributed by atoms with Gasteiger partial charge >= 0.3 is 0 Å². The van der Waals surface area contributed by atoms with E-state index in [0.29, 0.717) is 5.92 Å². The number of aryl methyl sites for hydroxylation is 1. The number of allylic oxidation sites excluding steroid dienone is 1. The van der Waals surface area contributed by atoms with E-state index in [1.165, 1.54) is 46.7 Å². The van der Waals surface area contributed by atoms with E-state index in [2.05, 4.69) is 36.4 Å². The maximum atomic E-state index is 6.24. The molecule has 17 heavy (non-hydrogen) atoms. The number of hydrogen-bond donors (Lipinski definition) is 1. The number of hydrogen-bond acceptors (Lipinski definition) is 1. The zero-order valence-corrected chi connectivity index (χ0v) is 9.74. The zero-order chi connectivity index (χ0) is 11.4. The van der Waals surface area contributed by atoms with E-state index in [9.17, 15) is 0 Å². The fraction of sp³-hybridized carbons (Fsp3) is 0.250. The molecule has 84 valence electrons. The lowest BCUT2D eigenvalue weighted by Gasteiger charge is -2.31. The normalized spacial score (nSPS) is 21.4. The van der Waals surface area contributed by atoms with E-state index in [1.54, 1.807) is 0 Å². The molecule has 0 spiro atoms. The molecule has 0 heterocycles. The van der Waals surface area contributed by atoms with Gasteiger partial charge < -0.3 is 5.73 Å². The molecule has 2 aromatic rings. The average Bonchev–Trinajstić information content (AvgIpc) is 2.37. The summed E-state index contributed by atoms with van der Waals surface area (Å²) in [5, 5.41) is 2.81. The van der Waals surface area contributed by atoms with Crippen molar-refractivity contribution < 1.29 is 0 Å². The van der Waals surface area contributed by atoms with Crippen LogP contribution in [0.4, 0.5) is 0 Å². The Morgan fingerprint density at radius 1 is 1.12 bits per heavy atom. The van der Waals surface area contributed by atoms with Crippen molar-refractivity contribution in [3.63, 3.8) is 0 Å². The SMILES string of the molecule is NC1=Cc2cccc3ccc4c(c23)C1CCC4. The summed E-state index contributed by atoms with van der Waals surface area (Å²) in [5.74, 6) is 0.470. The van der Waals surface area contributed by atoms with Gasteiger partial charge in [-0.05, 0) is 52.8 Å². The maximum Gasteiger partial charge on any atom is 0.0245 e. The average molecular weight is 221 g/mol. The first kappa shape index (κ1) is 9.29. The molecule has 4 rings (SSSR count). The Morgan fingerprint density at radius 3 is 3.00 bits per heavy atom. The molecule has 1 atom stereocenters. The molecule has 1 nitrogen and oxygen atoms in total. The third-order valence-corrected chi connectivity index (χ3v) is 4.22. The molecular weight excluding hydrogens is 206 g/mol. The van der Waals surface area contributed by atoms with Crippen LogP contribution in [0.5, 0.6) is 0 Å². The van der Waals surface area contributed by atoms with Gasteiger partial charge in [0.15, 0.2) is 0 Å². The number of rotatable bonds is 0. The molecule has 0 radical (unpaired) electrons. The van der Waals surface area contributed by atoms with E-state index in [1.807, 2.05) is 0 Å². The molecule has 0 aliphatic heterocycles. The second-order valence-corrected chi connectivity index (χ2v) is 5.17. The van der Waals surface area contributed by atoms with E-state index in [-0.39, 0.29) is 0 Å². The fourth-order valence-corrected chi connectivity index (χ4v) is 3.47. The predicted molar refractivity (Wildman–Crippen MR) is 71.8 cm³/mol. The summed E-state index contributed by atoms with van der Waals surface area (Å²) in [7, 11) is 0. The quantitative estimate of drug-likeness (QED) is 0.723. The van der Waals surface area contributed by atoms with Gasteiger partial charge in [0.25, 0.3) is 0 Å². The van der Waals surface area contributed by atoms with E-state index in [0.717, 1.165) is 5.70 Å². The number of nitrogens with two attached hydrogens (primary N) is 1. The molecule has 0 aromatic heterocycles. The molecule has 0 fully saturated rings. The third kappa shape index (κ3) is 1.14. The molecule has 2 aromatic carbocycles. The summed E-state index contributed by atoms with van der Waals surface area (Å²) < 4.78 is 0. The molecule has 1 heteroatoms. The molecule has 0 saturated carbocycles. The fourth-order valence-electron chi connectivity index (χ4n) is 3.47. The second kappa shape index (κ2) is 3.13. The van der Waals surface area contributed by atoms with Crippen LogP contribution in [0.25, 0.3) is 16.8 Å². The topological polar surface area (TPSA) is 26.0 Å². The maximum absolute atomic E-state index is 6.24. The highest BCUT2D eigenvalue weighted by atomic mass is 14.6. The molecule has 0 bridgehead atoms. The van der Waals surface area contributed by atoms with Crippen molar-refractivity contribution >= 4 is 16.8 Å². The van der Waals surface area contributed by atoms with Gasteiger partial charge in [-0.2, -0.15) is 0 Å². The van der Waals surface area contributed by atoms with E-state index in [4.69, 9.17) is 5.73 Å². The minimum atomic E-state index is 0.470.